The highest BCUT2D eigenvalue weighted by Gasteiger charge is 2.29. The van der Waals surface area contributed by atoms with Crippen LogP contribution in [0.4, 0.5) is 0 Å². The number of carbonyl (C=O) groups is 8. The molecule has 0 saturated heterocycles. The Hall–Kier alpha value is -5.74. The zero-order chi connectivity index (χ0) is 42.1. The van der Waals surface area contributed by atoms with Gasteiger partial charge in [0.15, 0.2) is 0 Å². The number of hydrogen-bond donors (Lipinski definition) is 8. The van der Waals surface area contributed by atoms with Gasteiger partial charge < -0.3 is 41.9 Å². The molecule has 0 bridgehead atoms. The van der Waals surface area contributed by atoms with Crippen LogP contribution >= 0.6 is 56.7 Å². The summed E-state index contributed by atoms with van der Waals surface area (Å²) < 4.78 is 0. The fourth-order valence-electron chi connectivity index (χ4n) is 5.14. The topological polar surface area (TPSA) is 257 Å². The van der Waals surface area contributed by atoms with Crippen molar-refractivity contribution in [1.29, 1.82) is 0 Å². The Kier molecular flexibility index (Phi) is 14.7. The number of aryl methyl sites for hydroxylation is 1. The predicted molar refractivity (Wildman–Crippen MR) is 221 cm³/mol. The number of aliphatic carboxylic acids is 3. The summed E-state index contributed by atoms with van der Waals surface area (Å²) in [6, 6.07) is 15.4. The molecule has 8 N–H and O–H groups in total. The zero-order valence-electron chi connectivity index (χ0n) is 30.5. The lowest BCUT2D eigenvalue weighted by Crippen LogP contribution is -2.56. The average Bonchev–Trinajstić information content (AvgIpc) is 4.01. The van der Waals surface area contributed by atoms with Crippen molar-refractivity contribution in [3.8, 4) is 39.0 Å². The van der Waals surface area contributed by atoms with Crippen molar-refractivity contribution in [2.24, 2.45) is 0 Å². The van der Waals surface area contributed by atoms with Crippen LogP contribution in [0, 0.1) is 6.92 Å². The number of carboxylic acids is 3. The second kappa shape index (κ2) is 19.6. The van der Waals surface area contributed by atoms with E-state index in [1.54, 1.807) is 51.4 Å². The van der Waals surface area contributed by atoms with Gasteiger partial charge in [0.2, 0.25) is 23.6 Å². The van der Waals surface area contributed by atoms with Gasteiger partial charge in [-0.15, -0.1) is 56.7 Å². The first kappa shape index (κ1) is 43.4. The SMILES string of the molecule is Cc1ccc(-c2ccc(-c3ccc(-c4ccc(-c5ccc(C(=O)NCC(=O)NCC(=O)N[C@@H](CC(=O)O)C(=O)N[C@@H](C)C(=O)N[C@@H](CC(=O)O)C(=O)O)s5)s4)s3)s2)s1. The van der Waals surface area contributed by atoms with E-state index in [0.717, 1.165) is 26.4 Å². The number of hydrogen-bond acceptors (Lipinski definition) is 13. The van der Waals surface area contributed by atoms with Crippen LogP contribution in [0.5, 0.6) is 0 Å². The first-order valence-corrected chi connectivity index (χ1v) is 21.2. The van der Waals surface area contributed by atoms with Crippen LogP contribution in [0.2, 0.25) is 0 Å². The van der Waals surface area contributed by atoms with E-state index in [9.17, 15) is 43.5 Å². The molecule has 0 aliphatic heterocycles. The Balaban J connectivity index is 1.07. The van der Waals surface area contributed by atoms with Gasteiger partial charge >= 0.3 is 17.9 Å². The molecule has 16 nitrogen and oxygen atoms in total. The molecule has 58 heavy (non-hydrogen) atoms. The third-order valence-corrected chi connectivity index (χ3v) is 14.1. The van der Waals surface area contributed by atoms with Gasteiger partial charge in [-0.05, 0) is 74.5 Å². The average molecular weight is 886 g/mol. The zero-order valence-corrected chi connectivity index (χ0v) is 34.6. The van der Waals surface area contributed by atoms with Crippen molar-refractivity contribution >= 4 is 104 Å². The van der Waals surface area contributed by atoms with E-state index in [-0.39, 0.29) is 0 Å². The third kappa shape index (κ3) is 11.9. The first-order chi connectivity index (χ1) is 27.6. The molecule has 5 heterocycles. The van der Waals surface area contributed by atoms with Gasteiger partial charge in [0, 0.05) is 43.9 Å². The summed E-state index contributed by atoms with van der Waals surface area (Å²) in [7, 11) is 0. The van der Waals surface area contributed by atoms with Gasteiger partial charge in [0.1, 0.15) is 18.1 Å². The van der Waals surface area contributed by atoms with Crippen molar-refractivity contribution in [3.05, 3.63) is 70.4 Å². The Morgan fingerprint density at radius 1 is 0.517 bits per heavy atom. The van der Waals surface area contributed by atoms with Gasteiger partial charge in [0.05, 0.1) is 30.8 Å². The maximum Gasteiger partial charge on any atom is 0.326 e. The van der Waals surface area contributed by atoms with Gasteiger partial charge in [0.25, 0.3) is 5.91 Å². The minimum Gasteiger partial charge on any atom is -0.481 e. The summed E-state index contributed by atoms with van der Waals surface area (Å²) in [6.07, 6.45) is -1.85. The summed E-state index contributed by atoms with van der Waals surface area (Å²) in [5.41, 5.74) is 0. The summed E-state index contributed by atoms with van der Waals surface area (Å²) in [6.45, 7) is 2.04. The highest BCUT2D eigenvalue weighted by atomic mass is 32.1. The largest absolute Gasteiger partial charge is 0.481 e. The minimum atomic E-state index is -1.80. The molecule has 0 fully saturated rings. The fourth-order valence-corrected chi connectivity index (χ4v) is 10.3. The number of carbonyl (C=O) groups excluding carboxylic acids is 5. The summed E-state index contributed by atoms with van der Waals surface area (Å²) >= 11 is 8.12. The standard InChI is InChI=1S/C37H35N5O11S5/c1-17-3-4-21(54-17)22-5-6-23(55-22)24-7-8-25(56-24)26-9-10-27(57-26)28-11-12-29(58-28)36(51)39-15-30(43)38-16-31(44)41-19(13-32(45)46)35(50)40-18(2)34(49)42-20(37(52)53)14-33(47)48/h3-12,18-20H,13-16H2,1-2H3,(H,38,43)(H,39,51)(H,40,50)(H,41,44)(H,42,49)(H,45,46)(H,47,48)(H,52,53)/t18-,19-,20-/m0/s1. The molecule has 0 aliphatic carbocycles. The summed E-state index contributed by atoms with van der Waals surface area (Å²) in [5.74, 6) is -9.05. The third-order valence-electron chi connectivity index (χ3n) is 7.99. The fraction of sp³-hybridized carbons (Fsp3) is 0.243. The highest BCUT2D eigenvalue weighted by Crippen LogP contribution is 2.44. The lowest BCUT2D eigenvalue weighted by Gasteiger charge is -2.21. The van der Waals surface area contributed by atoms with Crippen LogP contribution in [0.15, 0.2) is 60.7 Å². The Morgan fingerprint density at radius 2 is 0.966 bits per heavy atom. The number of nitrogens with one attached hydrogen (secondary N) is 5. The van der Waals surface area contributed by atoms with Crippen molar-refractivity contribution in [2.45, 2.75) is 44.8 Å². The quantitative estimate of drug-likeness (QED) is 0.0579. The van der Waals surface area contributed by atoms with Gasteiger partial charge in [-0.3, -0.25) is 33.6 Å². The molecule has 0 aromatic carbocycles. The molecule has 21 heteroatoms. The van der Waals surface area contributed by atoms with Gasteiger partial charge in [-0.25, -0.2) is 4.79 Å². The molecular formula is C37H35N5O11S5. The molecule has 5 rings (SSSR count). The maximum absolute atomic E-state index is 12.9. The number of thiophene rings is 5. The molecule has 5 aromatic heterocycles. The van der Waals surface area contributed by atoms with Crippen LogP contribution in [0.3, 0.4) is 0 Å². The number of rotatable bonds is 19. The molecule has 0 spiro atoms. The molecular weight excluding hydrogens is 851 g/mol. The predicted octanol–water partition coefficient (Wildman–Crippen LogP) is 4.32. The van der Waals surface area contributed by atoms with Crippen LogP contribution in [-0.2, 0) is 33.6 Å². The Morgan fingerprint density at radius 3 is 1.45 bits per heavy atom. The van der Waals surface area contributed by atoms with E-state index in [1.165, 1.54) is 35.7 Å². The van der Waals surface area contributed by atoms with E-state index >= 15 is 0 Å². The van der Waals surface area contributed by atoms with E-state index in [1.807, 2.05) is 23.5 Å². The Bertz CT molecular complexity index is 2360. The Labute approximate surface area is 349 Å². The first-order valence-electron chi connectivity index (χ1n) is 17.1. The highest BCUT2D eigenvalue weighted by molar-refractivity contribution is 7.29. The molecule has 0 aliphatic rings. The molecule has 304 valence electrons. The number of carboxylic acid groups (broad SMARTS) is 3. The van der Waals surface area contributed by atoms with E-state index in [4.69, 9.17) is 10.2 Å². The molecule has 0 radical (unpaired) electrons. The summed E-state index contributed by atoms with van der Waals surface area (Å²) in [4.78, 5) is 107. The van der Waals surface area contributed by atoms with Crippen molar-refractivity contribution in [1.82, 2.24) is 26.6 Å². The summed E-state index contributed by atoms with van der Waals surface area (Å²) in [5, 5.41) is 38.1. The van der Waals surface area contributed by atoms with E-state index in [0.29, 0.717) is 4.88 Å². The lowest BCUT2D eigenvalue weighted by atomic mass is 10.1. The number of amides is 5. The van der Waals surface area contributed by atoms with Gasteiger partial charge in [-0.2, -0.15) is 0 Å². The minimum absolute atomic E-state index is 0.356. The molecule has 5 aromatic rings. The van der Waals surface area contributed by atoms with Crippen molar-refractivity contribution in [2.75, 3.05) is 13.1 Å². The normalized spacial score (nSPS) is 12.4. The smallest absolute Gasteiger partial charge is 0.326 e. The molecule has 0 unspecified atom stereocenters. The van der Waals surface area contributed by atoms with Crippen LogP contribution in [0.1, 0.15) is 34.3 Å². The lowest BCUT2D eigenvalue weighted by molar-refractivity contribution is -0.147. The van der Waals surface area contributed by atoms with Crippen LogP contribution < -0.4 is 26.6 Å². The monoisotopic (exact) mass is 885 g/mol. The molecule has 5 amide bonds. The van der Waals surface area contributed by atoms with Crippen LogP contribution in [0.25, 0.3) is 39.0 Å². The maximum atomic E-state index is 12.9. The van der Waals surface area contributed by atoms with Crippen molar-refractivity contribution in [3.63, 3.8) is 0 Å². The second-order valence-corrected chi connectivity index (χ2v) is 18.1. The van der Waals surface area contributed by atoms with E-state index < -0.39 is 91.5 Å². The van der Waals surface area contributed by atoms with Gasteiger partial charge in [-0.1, -0.05) is 0 Å². The van der Waals surface area contributed by atoms with Crippen LogP contribution in [-0.4, -0.2) is 94.0 Å². The van der Waals surface area contributed by atoms with E-state index in [2.05, 4.69) is 64.6 Å². The molecule has 3 atom stereocenters. The molecule has 0 saturated carbocycles. The van der Waals surface area contributed by atoms with Crippen molar-refractivity contribution < 1.29 is 53.7 Å². The second-order valence-electron chi connectivity index (χ2n) is 12.5.